The fourth-order valence-corrected chi connectivity index (χ4v) is 6.42. The van der Waals surface area contributed by atoms with Crippen LogP contribution in [0.2, 0.25) is 5.02 Å². The molecule has 1 fully saturated rings. The summed E-state index contributed by atoms with van der Waals surface area (Å²) in [5.41, 5.74) is 1.72. The van der Waals surface area contributed by atoms with Crippen molar-refractivity contribution in [2.24, 2.45) is 0 Å². The van der Waals surface area contributed by atoms with E-state index in [0.717, 1.165) is 0 Å². The molecule has 0 aliphatic carbocycles. The van der Waals surface area contributed by atoms with Crippen molar-refractivity contribution in [3.05, 3.63) is 82.9 Å². The Bertz CT molecular complexity index is 1770. The Morgan fingerprint density at radius 3 is 2.80 bits per heavy atom. The molecule has 11 nitrogen and oxygen atoms in total. The highest BCUT2D eigenvalue weighted by molar-refractivity contribution is 6.31. The van der Waals surface area contributed by atoms with Crippen LogP contribution in [0.25, 0.3) is 11.1 Å². The van der Waals surface area contributed by atoms with E-state index < -0.39 is 29.5 Å². The number of ether oxygens (including phenoxy) is 2. The second-order valence-corrected chi connectivity index (χ2v) is 11.8. The number of hydrogen-bond donors (Lipinski definition) is 3. The van der Waals surface area contributed by atoms with Crippen LogP contribution in [0.15, 0.2) is 60.8 Å². The number of nitrogens with one attached hydrogen (secondary N) is 3. The van der Waals surface area contributed by atoms with E-state index >= 15 is 4.39 Å². The number of nitrogens with zero attached hydrogens (tertiary/aromatic N) is 2. The van der Waals surface area contributed by atoms with E-state index in [9.17, 15) is 19.2 Å². The van der Waals surface area contributed by atoms with Gasteiger partial charge in [0.2, 0.25) is 11.8 Å². The summed E-state index contributed by atoms with van der Waals surface area (Å²) in [5, 5.41) is 7.97. The Morgan fingerprint density at radius 1 is 1.13 bits per heavy atom. The molecule has 4 amide bonds. The third-order valence-electron chi connectivity index (χ3n) is 8.39. The molecule has 3 aliphatic rings. The van der Waals surface area contributed by atoms with Crippen LogP contribution in [0.3, 0.4) is 0 Å². The molecule has 2 atom stereocenters. The van der Waals surface area contributed by atoms with Crippen molar-refractivity contribution in [1.29, 1.82) is 0 Å². The van der Waals surface area contributed by atoms with Gasteiger partial charge in [0.25, 0.3) is 0 Å². The Hall–Kier alpha value is -4.97. The number of likely N-dealkylation sites (tertiary alicyclic amines) is 1. The number of benzene rings is 2. The molecule has 0 radical (unpaired) electrons. The van der Waals surface area contributed by atoms with Gasteiger partial charge in [-0.15, -0.1) is 0 Å². The number of aromatic nitrogens is 1. The van der Waals surface area contributed by atoms with E-state index in [4.69, 9.17) is 21.1 Å². The Kier molecular flexibility index (Phi) is 8.63. The lowest BCUT2D eigenvalue weighted by atomic mass is 9.82. The highest BCUT2D eigenvalue weighted by atomic mass is 35.5. The molecule has 1 spiro atoms. The molecule has 0 saturated carbocycles. The molecule has 4 heterocycles. The van der Waals surface area contributed by atoms with Gasteiger partial charge in [0, 0.05) is 30.4 Å². The van der Waals surface area contributed by atoms with Gasteiger partial charge in [0.1, 0.15) is 0 Å². The van der Waals surface area contributed by atoms with Crippen molar-refractivity contribution in [2.45, 2.75) is 43.6 Å². The lowest BCUT2D eigenvalue weighted by Crippen LogP contribution is -2.54. The topological polar surface area (TPSA) is 139 Å². The predicted molar refractivity (Wildman–Crippen MR) is 169 cm³/mol. The fraction of sp³-hybridized carbons (Fsp3) is 0.303. The SMILES string of the molecule is COC(=O)Nc1ccc2c(c1)NC(=O)CC/C=C/C[C@H](C(=O)N1CCC[C@@]3(C1)OC(=O)Nc1ccc(Cl)c(F)c13)c1cc-2ccn1. The van der Waals surface area contributed by atoms with Gasteiger partial charge in [-0.1, -0.05) is 29.8 Å². The Balaban J connectivity index is 1.36. The number of fused-ring (bicyclic) bond motifs is 6. The summed E-state index contributed by atoms with van der Waals surface area (Å²) in [5.74, 6) is -1.89. The van der Waals surface area contributed by atoms with Crippen LogP contribution < -0.4 is 16.0 Å². The second kappa shape index (κ2) is 12.8. The zero-order valence-electron chi connectivity index (χ0n) is 24.9. The van der Waals surface area contributed by atoms with E-state index in [0.29, 0.717) is 60.4 Å². The molecule has 1 aromatic heterocycles. The van der Waals surface area contributed by atoms with Crippen molar-refractivity contribution in [1.82, 2.24) is 9.88 Å². The lowest BCUT2D eigenvalue weighted by Gasteiger charge is -2.45. The van der Waals surface area contributed by atoms with Gasteiger partial charge >= 0.3 is 12.2 Å². The number of halogens is 2. The smallest absolute Gasteiger partial charge is 0.412 e. The molecule has 0 unspecified atom stereocenters. The first-order valence-corrected chi connectivity index (χ1v) is 15.2. The van der Waals surface area contributed by atoms with Gasteiger partial charge in [-0.3, -0.25) is 25.2 Å². The summed E-state index contributed by atoms with van der Waals surface area (Å²) in [6, 6.07) is 11.5. The summed E-state index contributed by atoms with van der Waals surface area (Å²) in [6.07, 6.45) is 5.62. The molecular formula is C33H31ClFN5O6. The van der Waals surface area contributed by atoms with Crippen molar-refractivity contribution >= 4 is 52.7 Å². The maximum absolute atomic E-state index is 15.5. The maximum Gasteiger partial charge on any atom is 0.412 e. The second-order valence-electron chi connectivity index (χ2n) is 11.3. The Morgan fingerprint density at radius 2 is 1.98 bits per heavy atom. The number of piperidine rings is 1. The van der Waals surface area contributed by atoms with Gasteiger partial charge < -0.3 is 19.7 Å². The van der Waals surface area contributed by atoms with Gasteiger partial charge in [-0.2, -0.15) is 0 Å². The Labute approximate surface area is 269 Å². The van der Waals surface area contributed by atoms with Gasteiger partial charge in [0.15, 0.2) is 11.4 Å². The number of pyridine rings is 1. The summed E-state index contributed by atoms with van der Waals surface area (Å²) in [4.78, 5) is 57.8. The van der Waals surface area contributed by atoms with E-state index in [1.54, 1.807) is 41.4 Å². The fourth-order valence-electron chi connectivity index (χ4n) is 6.26. The van der Waals surface area contributed by atoms with Crippen LogP contribution in [-0.4, -0.2) is 54.1 Å². The minimum Gasteiger partial charge on any atom is -0.453 e. The van der Waals surface area contributed by atoms with E-state index in [2.05, 4.69) is 20.9 Å². The van der Waals surface area contributed by atoms with Gasteiger partial charge in [-0.25, -0.2) is 14.0 Å². The largest absolute Gasteiger partial charge is 0.453 e. The number of allylic oxidation sites excluding steroid dienone is 2. The zero-order chi connectivity index (χ0) is 32.4. The monoisotopic (exact) mass is 647 g/mol. The summed E-state index contributed by atoms with van der Waals surface area (Å²) in [7, 11) is 1.26. The molecule has 238 valence electrons. The first-order chi connectivity index (χ1) is 22.2. The highest BCUT2D eigenvalue weighted by Gasteiger charge is 2.49. The van der Waals surface area contributed by atoms with Crippen molar-refractivity contribution in [3.63, 3.8) is 0 Å². The minimum atomic E-state index is -1.41. The number of rotatable bonds is 2. The number of anilines is 3. The molecule has 46 heavy (non-hydrogen) atoms. The highest BCUT2D eigenvalue weighted by Crippen LogP contribution is 2.46. The number of carbonyl (C=O) groups excluding carboxylic acids is 4. The van der Waals surface area contributed by atoms with E-state index in [1.165, 1.54) is 19.2 Å². The average molecular weight is 648 g/mol. The van der Waals surface area contributed by atoms with Crippen molar-refractivity contribution < 1.29 is 33.0 Å². The lowest BCUT2D eigenvalue weighted by molar-refractivity contribution is -0.141. The number of methoxy groups -OCH3 is 1. The van der Waals surface area contributed by atoms with Crippen molar-refractivity contribution in [2.75, 3.05) is 36.1 Å². The maximum atomic E-state index is 15.5. The van der Waals surface area contributed by atoms with Crippen LogP contribution in [0, 0.1) is 5.82 Å². The third kappa shape index (κ3) is 6.12. The number of hydrogen-bond acceptors (Lipinski definition) is 7. The van der Waals surface area contributed by atoms with E-state index in [-0.39, 0.29) is 41.1 Å². The molecule has 2 bridgehead atoms. The molecule has 3 N–H and O–H groups in total. The van der Waals surface area contributed by atoms with Crippen LogP contribution in [0.4, 0.5) is 31.0 Å². The quantitative estimate of drug-likeness (QED) is 0.268. The summed E-state index contributed by atoms with van der Waals surface area (Å²) in [6.45, 7) is 0.320. The van der Waals surface area contributed by atoms with E-state index in [1.807, 2.05) is 12.2 Å². The van der Waals surface area contributed by atoms with Crippen LogP contribution in [-0.2, 0) is 24.7 Å². The zero-order valence-corrected chi connectivity index (χ0v) is 25.7. The molecular weight excluding hydrogens is 617 g/mol. The molecule has 2 aromatic carbocycles. The van der Waals surface area contributed by atoms with Gasteiger partial charge in [0.05, 0.1) is 47.2 Å². The summed E-state index contributed by atoms with van der Waals surface area (Å²) < 4.78 is 25.9. The van der Waals surface area contributed by atoms with Gasteiger partial charge in [-0.05, 0) is 67.6 Å². The standard InChI is InChI=1S/C33H31ClFN5O6/c1-45-31(43)37-20-8-9-21-19-12-14-36-25(16-19)22(6-3-2-4-7-27(41)38-26(21)17-20)30(42)40-15-5-13-33(18-40)28-24(39-32(44)46-33)11-10-23(34)29(28)35/h2-3,8-12,14,16-17,22H,4-7,13,15,18H2,1H3,(H,37,43)(H,38,41)(H,39,44)/b3-2+/t22-,33-/m0/s1. The first-order valence-electron chi connectivity index (χ1n) is 14.8. The average Bonchev–Trinajstić information content (AvgIpc) is 3.04. The number of amides is 4. The molecule has 3 aliphatic heterocycles. The predicted octanol–water partition coefficient (Wildman–Crippen LogP) is 6.56. The summed E-state index contributed by atoms with van der Waals surface area (Å²) >= 11 is 6.13. The van der Waals surface area contributed by atoms with Crippen molar-refractivity contribution in [3.8, 4) is 11.1 Å². The number of carbonyl (C=O) groups is 4. The molecule has 6 rings (SSSR count). The molecule has 3 aromatic rings. The van der Waals surface area contributed by atoms with Crippen LogP contribution in [0.1, 0.15) is 49.3 Å². The molecule has 1 saturated heterocycles. The first kappa shape index (κ1) is 31.0. The normalized spacial score (nSPS) is 21.5. The van der Waals surface area contributed by atoms with Crippen LogP contribution >= 0.6 is 11.6 Å². The minimum absolute atomic E-state index is 0.0549. The molecule has 13 heteroatoms. The third-order valence-corrected chi connectivity index (χ3v) is 8.68. The van der Waals surface area contributed by atoms with Crippen LogP contribution in [0.5, 0.6) is 0 Å².